The first-order valence-electron chi connectivity index (χ1n) is 9.39. The van der Waals surface area contributed by atoms with Gasteiger partial charge in [0.25, 0.3) is 0 Å². The second-order valence-electron chi connectivity index (χ2n) is 8.51. The fourth-order valence-corrected chi connectivity index (χ4v) is 5.82. The molecule has 4 unspecified atom stereocenters. The van der Waals surface area contributed by atoms with Crippen LogP contribution in [0.2, 0.25) is 0 Å². The lowest BCUT2D eigenvalue weighted by atomic mass is 9.46. The Labute approximate surface area is 147 Å². The molecule has 0 aliphatic heterocycles. The second-order valence-corrected chi connectivity index (χ2v) is 8.51. The Balaban J connectivity index is 0.00000100. The summed E-state index contributed by atoms with van der Waals surface area (Å²) in [5.41, 5.74) is 4.23. The molecule has 0 aromatic carbocycles. The van der Waals surface area contributed by atoms with Gasteiger partial charge in [0.1, 0.15) is 0 Å². The Morgan fingerprint density at radius 2 is 1.83 bits per heavy atom. The zero-order valence-corrected chi connectivity index (χ0v) is 16.0. The van der Waals surface area contributed by atoms with Crippen LogP contribution in [0.25, 0.3) is 0 Å². The minimum atomic E-state index is -0.573. The summed E-state index contributed by atoms with van der Waals surface area (Å²) in [6.07, 6.45) is 10.1. The molecule has 134 valence electrons. The van der Waals surface area contributed by atoms with E-state index in [4.69, 9.17) is 0 Å². The highest BCUT2D eigenvalue weighted by Gasteiger charge is 2.57. The van der Waals surface area contributed by atoms with E-state index in [1.807, 2.05) is 6.92 Å². The predicted molar refractivity (Wildman–Crippen MR) is 101 cm³/mol. The smallest absolute Gasteiger partial charge is 0.309 e. The molecule has 2 heteroatoms. The number of carboxylic acid groups (broad SMARTS) is 1. The van der Waals surface area contributed by atoms with Crippen LogP contribution in [0.3, 0.4) is 0 Å². The topological polar surface area (TPSA) is 37.3 Å². The summed E-state index contributed by atoms with van der Waals surface area (Å²) in [6.45, 7) is 14.8. The van der Waals surface area contributed by atoms with Gasteiger partial charge in [-0.3, -0.25) is 4.79 Å². The summed E-state index contributed by atoms with van der Waals surface area (Å²) < 4.78 is 0. The zero-order chi connectivity index (χ0) is 18.1. The van der Waals surface area contributed by atoms with Crippen LogP contribution in [-0.4, -0.2) is 11.1 Å². The SMILES string of the molecule is C=C.CC(C)=C1C=C2CCC3C(C)(C(=O)O)CCCC3(C)C2CC1. The van der Waals surface area contributed by atoms with Gasteiger partial charge in [0.15, 0.2) is 0 Å². The van der Waals surface area contributed by atoms with Gasteiger partial charge in [-0.25, -0.2) is 0 Å². The van der Waals surface area contributed by atoms with Crippen LogP contribution in [0.1, 0.15) is 72.6 Å². The average Bonchev–Trinajstić information content (AvgIpc) is 2.56. The van der Waals surface area contributed by atoms with E-state index in [2.05, 4.69) is 40.0 Å². The van der Waals surface area contributed by atoms with Gasteiger partial charge in [0, 0.05) is 0 Å². The lowest BCUT2D eigenvalue weighted by Crippen LogP contribution is -2.53. The number of carbonyl (C=O) groups is 1. The number of allylic oxidation sites excluding steroid dienone is 4. The molecule has 4 atom stereocenters. The lowest BCUT2D eigenvalue weighted by molar-refractivity contribution is -0.164. The summed E-state index contributed by atoms with van der Waals surface area (Å²) in [5, 5.41) is 9.84. The van der Waals surface area contributed by atoms with Crippen molar-refractivity contribution in [2.75, 3.05) is 0 Å². The van der Waals surface area contributed by atoms with Crippen LogP contribution in [-0.2, 0) is 4.79 Å². The first-order valence-corrected chi connectivity index (χ1v) is 9.39. The molecule has 0 heterocycles. The largest absolute Gasteiger partial charge is 0.481 e. The molecule has 0 radical (unpaired) electrons. The second kappa shape index (κ2) is 6.90. The van der Waals surface area contributed by atoms with Gasteiger partial charge in [-0.15, -0.1) is 13.2 Å². The first-order chi connectivity index (χ1) is 11.3. The normalized spacial score (nSPS) is 38.0. The minimum absolute atomic E-state index is 0.183. The monoisotopic (exact) mass is 330 g/mol. The zero-order valence-electron chi connectivity index (χ0n) is 16.0. The minimum Gasteiger partial charge on any atom is -0.481 e. The quantitative estimate of drug-likeness (QED) is 0.585. The lowest BCUT2D eigenvalue weighted by Gasteiger charge is -2.58. The molecule has 0 spiro atoms. The van der Waals surface area contributed by atoms with E-state index in [9.17, 15) is 9.90 Å². The van der Waals surface area contributed by atoms with E-state index in [0.29, 0.717) is 11.8 Å². The van der Waals surface area contributed by atoms with Gasteiger partial charge in [0.05, 0.1) is 5.41 Å². The number of hydrogen-bond donors (Lipinski definition) is 1. The van der Waals surface area contributed by atoms with Gasteiger partial charge in [-0.05, 0) is 82.1 Å². The van der Waals surface area contributed by atoms with Gasteiger partial charge < -0.3 is 5.11 Å². The number of rotatable bonds is 1. The molecule has 1 N–H and O–H groups in total. The molecule has 3 aliphatic rings. The number of fused-ring (bicyclic) bond motifs is 3. The molecule has 0 aromatic heterocycles. The number of aliphatic carboxylic acids is 1. The maximum Gasteiger partial charge on any atom is 0.309 e. The van der Waals surface area contributed by atoms with Gasteiger partial charge >= 0.3 is 5.97 Å². The summed E-state index contributed by atoms with van der Waals surface area (Å²) >= 11 is 0. The molecule has 2 nitrogen and oxygen atoms in total. The van der Waals surface area contributed by atoms with Crippen LogP contribution in [0.4, 0.5) is 0 Å². The van der Waals surface area contributed by atoms with Crippen molar-refractivity contribution >= 4 is 5.97 Å². The summed E-state index contributed by atoms with van der Waals surface area (Å²) in [7, 11) is 0. The standard InChI is InChI=1S/C20H30O2.C2H4/c1-13(2)14-6-8-16-15(12-14)7-9-17-19(16,3)10-5-11-20(17,4)18(21)22;1-2/h12,16-17H,5-11H2,1-4H3,(H,21,22);1-2H2. The highest BCUT2D eigenvalue weighted by atomic mass is 16.4. The van der Waals surface area contributed by atoms with Gasteiger partial charge in [-0.2, -0.15) is 0 Å². The van der Waals surface area contributed by atoms with Gasteiger partial charge in [-0.1, -0.05) is 30.6 Å². The van der Waals surface area contributed by atoms with Crippen LogP contribution < -0.4 is 0 Å². The molecule has 3 aliphatic carbocycles. The van der Waals surface area contributed by atoms with Crippen molar-refractivity contribution in [2.45, 2.75) is 72.6 Å². The molecule has 0 amide bonds. The number of hydrogen-bond acceptors (Lipinski definition) is 1. The van der Waals surface area contributed by atoms with Crippen molar-refractivity contribution in [1.29, 1.82) is 0 Å². The van der Waals surface area contributed by atoms with Crippen molar-refractivity contribution < 1.29 is 9.90 Å². The molecule has 3 rings (SSSR count). The molecule has 2 fully saturated rings. The molecule has 2 saturated carbocycles. The van der Waals surface area contributed by atoms with Crippen molar-refractivity contribution in [3.05, 3.63) is 36.0 Å². The van der Waals surface area contributed by atoms with Crippen molar-refractivity contribution in [1.82, 2.24) is 0 Å². The Morgan fingerprint density at radius 1 is 1.17 bits per heavy atom. The fourth-order valence-electron chi connectivity index (χ4n) is 5.82. The molecule has 0 bridgehead atoms. The number of carboxylic acids is 1. The summed E-state index contributed by atoms with van der Waals surface area (Å²) in [4.78, 5) is 12.0. The highest BCUT2D eigenvalue weighted by molar-refractivity contribution is 5.75. The van der Waals surface area contributed by atoms with Gasteiger partial charge in [0.2, 0.25) is 0 Å². The van der Waals surface area contributed by atoms with Crippen LogP contribution in [0.5, 0.6) is 0 Å². The Hall–Kier alpha value is -1.31. The van der Waals surface area contributed by atoms with E-state index in [1.165, 1.54) is 30.4 Å². The molecule has 24 heavy (non-hydrogen) atoms. The third kappa shape index (κ3) is 2.89. The molecular weight excluding hydrogens is 296 g/mol. The first kappa shape index (κ1) is 19.0. The molecular formula is C22H34O2. The Bertz CT molecular complexity index is 567. The fraction of sp³-hybridized carbons (Fsp3) is 0.682. The third-order valence-electron chi connectivity index (χ3n) is 7.13. The van der Waals surface area contributed by atoms with Crippen molar-refractivity contribution in [3.63, 3.8) is 0 Å². The van der Waals surface area contributed by atoms with Crippen LogP contribution >= 0.6 is 0 Å². The summed E-state index contributed by atoms with van der Waals surface area (Å²) in [6, 6.07) is 0. The van der Waals surface area contributed by atoms with E-state index in [1.54, 1.807) is 5.57 Å². The Kier molecular flexibility index (Phi) is 5.47. The summed E-state index contributed by atoms with van der Waals surface area (Å²) in [5.74, 6) is 0.367. The average molecular weight is 331 g/mol. The van der Waals surface area contributed by atoms with E-state index < -0.39 is 11.4 Å². The molecule has 0 saturated heterocycles. The van der Waals surface area contributed by atoms with Crippen LogP contribution in [0, 0.1) is 22.7 Å². The van der Waals surface area contributed by atoms with E-state index in [-0.39, 0.29) is 5.41 Å². The predicted octanol–water partition coefficient (Wildman–Crippen LogP) is 6.15. The van der Waals surface area contributed by atoms with Crippen molar-refractivity contribution in [3.8, 4) is 0 Å². The third-order valence-corrected chi connectivity index (χ3v) is 7.13. The maximum atomic E-state index is 12.0. The maximum absolute atomic E-state index is 12.0. The van der Waals surface area contributed by atoms with E-state index >= 15 is 0 Å². The van der Waals surface area contributed by atoms with Crippen LogP contribution in [0.15, 0.2) is 36.0 Å². The molecule has 0 aromatic rings. The van der Waals surface area contributed by atoms with Crippen molar-refractivity contribution in [2.24, 2.45) is 22.7 Å². The Morgan fingerprint density at radius 3 is 2.42 bits per heavy atom. The highest BCUT2D eigenvalue weighted by Crippen LogP contribution is 2.63. The van der Waals surface area contributed by atoms with E-state index in [0.717, 1.165) is 25.7 Å².